The van der Waals surface area contributed by atoms with E-state index < -0.39 is 17.2 Å². The average Bonchev–Trinajstić information content (AvgIpc) is 2.78. The van der Waals surface area contributed by atoms with Crippen molar-refractivity contribution in [3.63, 3.8) is 0 Å². The van der Waals surface area contributed by atoms with Crippen LogP contribution in [0.5, 0.6) is 5.75 Å². The van der Waals surface area contributed by atoms with E-state index in [1.54, 1.807) is 42.5 Å². The number of H-pyrrole nitrogens is 1. The molecule has 0 saturated heterocycles. The molecule has 168 valence electrons. The Kier molecular flexibility index (Phi) is 7.37. The van der Waals surface area contributed by atoms with Gasteiger partial charge in [0.25, 0.3) is 11.5 Å². The van der Waals surface area contributed by atoms with Crippen LogP contribution in [-0.4, -0.2) is 22.6 Å². The Morgan fingerprint density at radius 2 is 1.94 bits per heavy atom. The van der Waals surface area contributed by atoms with Gasteiger partial charge in [-0.15, -0.1) is 0 Å². The summed E-state index contributed by atoms with van der Waals surface area (Å²) >= 11 is 6.08. The second-order valence-electron chi connectivity index (χ2n) is 7.21. The molecule has 9 heteroatoms. The molecule has 0 aliphatic heterocycles. The SMILES string of the molecule is CCCCn1c(N)c(N(Cc2ccccc2OC)C(=O)c2cccc(Cl)c2)c(=O)[nH]c1=O. The van der Waals surface area contributed by atoms with Crippen molar-refractivity contribution in [2.75, 3.05) is 17.7 Å². The molecule has 0 aliphatic rings. The molecule has 0 spiro atoms. The van der Waals surface area contributed by atoms with E-state index in [-0.39, 0.29) is 23.6 Å². The third-order valence-corrected chi connectivity index (χ3v) is 5.29. The van der Waals surface area contributed by atoms with Crippen LogP contribution in [0, 0.1) is 0 Å². The topological polar surface area (TPSA) is 110 Å². The number of rotatable bonds is 8. The van der Waals surface area contributed by atoms with Crippen LogP contribution < -0.4 is 26.6 Å². The highest BCUT2D eigenvalue weighted by Crippen LogP contribution is 2.26. The number of carbonyl (C=O) groups is 1. The molecule has 0 bridgehead atoms. The van der Waals surface area contributed by atoms with E-state index in [0.29, 0.717) is 29.3 Å². The third-order valence-electron chi connectivity index (χ3n) is 5.06. The van der Waals surface area contributed by atoms with Crippen LogP contribution in [0.4, 0.5) is 11.5 Å². The number of nitrogens with one attached hydrogen (secondary N) is 1. The van der Waals surface area contributed by atoms with Crippen LogP contribution >= 0.6 is 11.6 Å². The van der Waals surface area contributed by atoms with Crippen molar-refractivity contribution in [2.45, 2.75) is 32.9 Å². The molecule has 0 fully saturated rings. The van der Waals surface area contributed by atoms with Gasteiger partial charge in [0.15, 0.2) is 5.69 Å². The molecule has 2 aromatic carbocycles. The fourth-order valence-corrected chi connectivity index (χ4v) is 3.60. The number of methoxy groups -OCH3 is 1. The number of amides is 1. The number of ether oxygens (including phenoxy) is 1. The molecule has 3 rings (SSSR count). The molecule has 3 aromatic rings. The van der Waals surface area contributed by atoms with Crippen molar-refractivity contribution in [1.82, 2.24) is 9.55 Å². The number of nitrogen functional groups attached to an aromatic ring is 1. The Bertz CT molecular complexity index is 1240. The Hall–Kier alpha value is -3.52. The number of halogens is 1. The normalized spacial score (nSPS) is 10.7. The first-order valence-corrected chi connectivity index (χ1v) is 10.6. The van der Waals surface area contributed by atoms with E-state index >= 15 is 0 Å². The summed E-state index contributed by atoms with van der Waals surface area (Å²) in [5, 5.41) is 0.378. The Balaban J connectivity index is 2.20. The first-order valence-electron chi connectivity index (χ1n) is 10.2. The van der Waals surface area contributed by atoms with E-state index in [9.17, 15) is 14.4 Å². The van der Waals surface area contributed by atoms with Gasteiger partial charge in [-0.25, -0.2) is 4.79 Å². The lowest BCUT2D eigenvalue weighted by Crippen LogP contribution is -2.41. The first kappa shape index (κ1) is 23.1. The van der Waals surface area contributed by atoms with Gasteiger partial charge in [0.1, 0.15) is 11.6 Å². The molecule has 1 aromatic heterocycles. The quantitative estimate of drug-likeness (QED) is 0.539. The van der Waals surface area contributed by atoms with Crippen LogP contribution in [0.25, 0.3) is 0 Å². The molecule has 0 saturated carbocycles. The zero-order valence-corrected chi connectivity index (χ0v) is 18.7. The second-order valence-corrected chi connectivity index (χ2v) is 7.65. The Labute approximate surface area is 190 Å². The number of para-hydroxylation sites is 1. The largest absolute Gasteiger partial charge is 0.496 e. The van der Waals surface area contributed by atoms with E-state index in [4.69, 9.17) is 22.1 Å². The highest BCUT2D eigenvalue weighted by atomic mass is 35.5. The van der Waals surface area contributed by atoms with Gasteiger partial charge < -0.3 is 10.5 Å². The van der Waals surface area contributed by atoms with Crippen LogP contribution in [0.3, 0.4) is 0 Å². The van der Waals surface area contributed by atoms with Crippen molar-refractivity contribution in [1.29, 1.82) is 0 Å². The summed E-state index contributed by atoms with van der Waals surface area (Å²) in [5.74, 6) is -0.0144. The maximum Gasteiger partial charge on any atom is 0.330 e. The second kappa shape index (κ2) is 10.2. The van der Waals surface area contributed by atoms with Gasteiger partial charge >= 0.3 is 5.69 Å². The van der Waals surface area contributed by atoms with Crippen molar-refractivity contribution < 1.29 is 9.53 Å². The lowest BCUT2D eigenvalue weighted by molar-refractivity contribution is 0.0984. The van der Waals surface area contributed by atoms with Gasteiger partial charge in [0.2, 0.25) is 0 Å². The number of anilines is 2. The lowest BCUT2D eigenvalue weighted by Gasteiger charge is -2.25. The molecule has 0 radical (unpaired) electrons. The lowest BCUT2D eigenvalue weighted by atomic mass is 10.1. The Morgan fingerprint density at radius 3 is 2.62 bits per heavy atom. The number of unbranched alkanes of at least 4 members (excludes halogenated alkanes) is 1. The van der Waals surface area contributed by atoms with E-state index in [1.165, 1.54) is 22.6 Å². The molecular weight excluding hydrogens is 432 g/mol. The number of benzene rings is 2. The molecular formula is C23H25ClN4O4. The minimum Gasteiger partial charge on any atom is -0.496 e. The van der Waals surface area contributed by atoms with E-state index in [2.05, 4.69) is 4.98 Å². The summed E-state index contributed by atoms with van der Waals surface area (Å²) in [7, 11) is 1.52. The summed E-state index contributed by atoms with van der Waals surface area (Å²) in [6, 6.07) is 13.5. The van der Waals surface area contributed by atoms with Crippen molar-refractivity contribution in [3.8, 4) is 5.75 Å². The maximum absolute atomic E-state index is 13.5. The van der Waals surface area contributed by atoms with E-state index in [0.717, 1.165) is 6.42 Å². The minimum atomic E-state index is -0.745. The predicted octanol–water partition coefficient (Wildman–Crippen LogP) is 3.43. The molecule has 8 nitrogen and oxygen atoms in total. The van der Waals surface area contributed by atoms with Crippen molar-refractivity contribution in [2.24, 2.45) is 0 Å². The predicted molar refractivity (Wildman–Crippen MR) is 126 cm³/mol. The summed E-state index contributed by atoms with van der Waals surface area (Å²) in [6.07, 6.45) is 1.51. The number of nitrogens with zero attached hydrogens (tertiary/aromatic N) is 2. The van der Waals surface area contributed by atoms with Gasteiger partial charge in [-0.1, -0.05) is 49.2 Å². The van der Waals surface area contributed by atoms with E-state index in [1.807, 2.05) is 6.92 Å². The van der Waals surface area contributed by atoms with Crippen LogP contribution in [0.1, 0.15) is 35.7 Å². The highest BCUT2D eigenvalue weighted by molar-refractivity contribution is 6.31. The van der Waals surface area contributed by atoms with Gasteiger partial charge in [0, 0.05) is 22.7 Å². The van der Waals surface area contributed by atoms with Crippen LogP contribution in [0.15, 0.2) is 58.1 Å². The Morgan fingerprint density at radius 1 is 1.19 bits per heavy atom. The molecule has 0 unspecified atom stereocenters. The summed E-state index contributed by atoms with van der Waals surface area (Å²) < 4.78 is 6.69. The monoisotopic (exact) mass is 456 g/mol. The van der Waals surface area contributed by atoms with Crippen LogP contribution in [0.2, 0.25) is 5.02 Å². The number of aromatic nitrogens is 2. The fourth-order valence-electron chi connectivity index (χ4n) is 3.41. The minimum absolute atomic E-state index is 0.00534. The molecule has 1 heterocycles. The highest BCUT2D eigenvalue weighted by Gasteiger charge is 2.26. The molecule has 3 N–H and O–H groups in total. The number of carbonyl (C=O) groups excluding carboxylic acids is 1. The molecule has 1 amide bonds. The first-order chi connectivity index (χ1) is 15.4. The van der Waals surface area contributed by atoms with Crippen molar-refractivity contribution in [3.05, 3.63) is 85.5 Å². The zero-order valence-electron chi connectivity index (χ0n) is 17.9. The number of aromatic amines is 1. The molecule has 32 heavy (non-hydrogen) atoms. The molecule has 0 aliphatic carbocycles. The van der Waals surface area contributed by atoms with Gasteiger partial charge in [-0.3, -0.25) is 24.0 Å². The molecule has 0 atom stereocenters. The number of nitrogens with two attached hydrogens (primary N) is 1. The third kappa shape index (κ3) is 4.86. The summed E-state index contributed by atoms with van der Waals surface area (Å²) in [4.78, 5) is 42.3. The smallest absolute Gasteiger partial charge is 0.330 e. The number of hydrogen-bond acceptors (Lipinski definition) is 5. The standard InChI is InChI=1S/C23H25ClN4O4/c1-3-4-12-27-20(25)19(21(29)26-23(27)31)28(14-16-8-5-6-11-18(16)32-2)22(30)15-9-7-10-17(24)13-15/h5-11,13H,3-4,12,14,25H2,1-2H3,(H,26,29,31). The summed E-state index contributed by atoms with van der Waals surface area (Å²) in [6.45, 7) is 2.29. The maximum atomic E-state index is 13.5. The average molecular weight is 457 g/mol. The van der Waals surface area contributed by atoms with Gasteiger partial charge in [-0.05, 0) is 30.7 Å². The summed E-state index contributed by atoms with van der Waals surface area (Å²) in [5.41, 5.74) is 5.77. The van der Waals surface area contributed by atoms with Crippen LogP contribution in [-0.2, 0) is 13.1 Å². The fraction of sp³-hybridized carbons (Fsp3) is 0.261. The van der Waals surface area contributed by atoms with Gasteiger partial charge in [-0.2, -0.15) is 0 Å². The van der Waals surface area contributed by atoms with Gasteiger partial charge in [0.05, 0.1) is 13.7 Å². The van der Waals surface area contributed by atoms with Crippen molar-refractivity contribution >= 4 is 29.0 Å². The number of hydrogen-bond donors (Lipinski definition) is 2. The zero-order chi connectivity index (χ0) is 23.3.